The van der Waals surface area contributed by atoms with Crippen LogP contribution in [0.3, 0.4) is 0 Å². The number of Topliss-reactive ketones (excluding diaryl/α,β-unsaturated/α-hetero) is 1. The lowest BCUT2D eigenvalue weighted by Gasteiger charge is -2.14. The predicted molar refractivity (Wildman–Crippen MR) is 92.0 cm³/mol. The average molecular weight is 332 g/mol. The predicted octanol–water partition coefficient (Wildman–Crippen LogP) is 2.35. The molecule has 0 saturated carbocycles. The van der Waals surface area contributed by atoms with Gasteiger partial charge in [-0.2, -0.15) is 0 Å². The largest absolute Gasteiger partial charge is 0.368 e. The van der Waals surface area contributed by atoms with Crippen molar-refractivity contribution in [3.05, 3.63) is 30.5 Å². The van der Waals surface area contributed by atoms with Gasteiger partial charge in [0, 0.05) is 37.3 Å². The summed E-state index contributed by atoms with van der Waals surface area (Å²) in [6.45, 7) is 5.04. The van der Waals surface area contributed by atoms with E-state index in [1.165, 1.54) is 13.1 Å². The Morgan fingerprint density at radius 1 is 1.09 bits per heavy atom. The first-order valence-corrected chi connectivity index (χ1v) is 8.47. The van der Waals surface area contributed by atoms with Crippen LogP contribution in [0.2, 0.25) is 0 Å². The van der Waals surface area contributed by atoms with Gasteiger partial charge in [-0.25, -0.2) is 19.9 Å². The van der Waals surface area contributed by atoms with Crippen molar-refractivity contribution < 1.29 is 4.79 Å². The highest BCUT2D eigenvalue weighted by atomic mass is 32.2. The molecule has 2 aromatic rings. The molecule has 1 unspecified atom stereocenters. The molecule has 0 aliphatic rings. The molecule has 0 radical (unpaired) electrons. The average Bonchev–Trinajstić information content (AvgIpc) is 2.59. The Hall–Kier alpha value is -2.22. The Labute approximate surface area is 139 Å². The normalized spacial score (nSPS) is 11.8. The Morgan fingerprint density at radius 2 is 1.78 bits per heavy atom. The van der Waals surface area contributed by atoms with E-state index >= 15 is 0 Å². The molecule has 8 heteroatoms. The van der Waals surface area contributed by atoms with Crippen molar-refractivity contribution in [2.75, 3.05) is 30.0 Å². The van der Waals surface area contributed by atoms with Gasteiger partial charge in [0.2, 0.25) is 5.95 Å². The quantitative estimate of drug-likeness (QED) is 0.562. The number of hydrogen-bond donors (Lipinski definition) is 2. The zero-order chi connectivity index (χ0) is 16.7. The van der Waals surface area contributed by atoms with Crippen LogP contribution in [-0.4, -0.2) is 45.1 Å². The molecule has 0 aliphatic carbocycles. The number of aromatic nitrogens is 4. The van der Waals surface area contributed by atoms with Crippen LogP contribution in [0.25, 0.3) is 0 Å². The van der Waals surface area contributed by atoms with E-state index in [0.717, 1.165) is 18.0 Å². The third-order valence-electron chi connectivity index (χ3n) is 3.12. The summed E-state index contributed by atoms with van der Waals surface area (Å²) in [4.78, 5) is 28.9. The molecule has 2 aromatic heterocycles. The van der Waals surface area contributed by atoms with Crippen LogP contribution in [0.4, 0.5) is 11.8 Å². The summed E-state index contributed by atoms with van der Waals surface area (Å²) < 4.78 is 0. The van der Waals surface area contributed by atoms with Gasteiger partial charge in [0.1, 0.15) is 11.5 Å². The van der Waals surface area contributed by atoms with E-state index in [4.69, 9.17) is 0 Å². The molecule has 7 nitrogen and oxygen atoms in total. The summed E-state index contributed by atoms with van der Waals surface area (Å²) >= 11 is 1.61. The SMILES string of the molecule is CSc1cnc(NCC(C)CNc2cnc(C(C)=O)cn2)nc1. The minimum absolute atomic E-state index is 0.0888. The van der Waals surface area contributed by atoms with Crippen molar-refractivity contribution >= 4 is 29.3 Å². The van der Waals surface area contributed by atoms with Gasteiger partial charge in [-0.05, 0) is 12.2 Å². The minimum atomic E-state index is -0.0888. The molecule has 0 fully saturated rings. The maximum absolute atomic E-state index is 11.1. The molecule has 0 spiro atoms. The first-order chi connectivity index (χ1) is 11.1. The fourth-order valence-electron chi connectivity index (χ4n) is 1.73. The molecule has 0 bridgehead atoms. The standard InChI is InChI=1S/C15H20N6OS/c1-10(5-19-15-20-6-12(23-3)7-21-15)4-17-14-9-16-13(8-18-14)11(2)22/h6-10H,4-5H2,1-3H3,(H,17,18)(H,19,20,21). The lowest BCUT2D eigenvalue weighted by molar-refractivity contribution is 0.101. The van der Waals surface area contributed by atoms with E-state index in [1.807, 2.05) is 6.26 Å². The number of rotatable bonds is 8. The van der Waals surface area contributed by atoms with Crippen LogP contribution in [0, 0.1) is 5.92 Å². The van der Waals surface area contributed by atoms with Crippen molar-refractivity contribution in [2.45, 2.75) is 18.7 Å². The second kappa shape index (κ2) is 8.42. The highest BCUT2D eigenvalue weighted by molar-refractivity contribution is 7.98. The molecule has 2 rings (SSSR count). The molecule has 0 amide bonds. The lowest BCUT2D eigenvalue weighted by atomic mass is 10.2. The van der Waals surface area contributed by atoms with E-state index in [0.29, 0.717) is 23.4 Å². The first kappa shape index (κ1) is 17.1. The fourth-order valence-corrected chi connectivity index (χ4v) is 2.05. The zero-order valence-corrected chi connectivity index (χ0v) is 14.2. The number of anilines is 2. The van der Waals surface area contributed by atoms with Crippen LogP contribution in [0.15, 0.2) is 29.7 Å². The van der Waals surface area contributed by atoms with Crippen molar-refractivity contribution in [1.29, 1.82) is 0 Å². The molecule has 23 heavy (non-hydrogen) atoms. The van der Waals surface area contributed by atoms with Crippen molar-refractivity contribution in [1.82, 2.24) is 19.9 Å². The zero-order valence-electron chi connectivity index (χ0n) is 13.4. The van der Waals surface area contributed by atoms with Crippen LogP contribution < -0.4 is 10.6 Å². The Kier molecular flexibility index (Phi) is 6.28. The molecule has 1 atom stereocenters. The summed E-state index contributed by atoms with van der Waals surface area (Å²) in [7, 11) is 0. The van der Waals surface area contributed by atoms with Gasteiger partial charge in [0.25, 0.3) is 0 Å². The highest BCUT2D eigenvalue weighted by Gasteiger charge is 2.05. The molecule has 2 heterocycles. The van der Waals surface area contributed by atoms with Crippen LogP contribution in [0.5, 0.6) is 0 Å². The number of thioether (sulfide) groups is 1. The van der Waals surface area contributed by atoms with Gasteiger partial charge in [-0.1, -0.05) is 6.92 Å². The number of nitrogens with zero attached hydrogens (tertiary/aromatic N) is 4. The Bertz CT molecular complexity index is 631. The molecule has 0 aromatic carbocycles. The Morgan fingerprint density at radius 3 is 2.35 bits per heavy atom. The van der Waals surface area contributed by atoms with Crippen molar-refractivity contribution in [3.63, 3.8) is 0 Å². The van der Waals surface area contributed by atoms with E-state index in [-0.39, 0.29) is 5.78 Å². The fraction of sp³-hybridized carbons (Fsp3) is 0.400. The number of carbonyl (C=O) groups is 1. The molecular weight excluding hydrogens is 312 g/mol. The van der Waals surface area contributed by atoms with Crippen molar-refractivity contribution in [2.24, 2.45) is 5.92 Å². The smallest absolute Gasteiger partial charge is 0.222 e. The molecular formula is C15H20N6OS. The number of carbonyl (C=O) groups excluding carboxylic acids is 1. The van der Waals surface area contributed by atoms with Crippen LogP contribution in [-0.2, 0) is 0 Å². The molecule has 0 aliphatic heterocycles. The summed E-state index contributed by atoms with van der Waals surface area (Å²) in [5.74, 6) is 1.53. The summed E-state index contributed by atoms with van der Waals surface area (Å²) in [5.41, 5.74) is 0.371. The van der Waals surface area contributed by atoms with Gasteiger partial charge in [-0.15, -0.1) is 11.8 Å². The Balaban J connectivity index is 1.75. The third-order valence-corrected chi connectivity index (χ3v) is 3.80. The van der Waals surface area contributed by atoms with Crippen LogP contribution in [0.1, 0.15) is 24.3 Å². The second-order valence-electron chi connectivity index (χ2n) is 5.16. The van der Waals surface area contributed by atoms with E-state index in [2.05, 4.69) is 37.5 Å². The van der Waals surface area contributed by atoms with E-state index in [1.54, 1.807) is 30.4 Å². The monoisotopic (exact) mass is 332 g/mol. The summed E-state index contributed by atoms with van der Waals surface area (Å²) in [5, 5.41) is 6.40. The third kappa shape index (κ3) is 5.48. The minimum Gasteiger partial charge on any atom is -0.368 e. The lowest BCUT2D eigenvalue weighted by Crippen LogP contribution is -2.21. The van der Waals surface area contributed by atoms with Crippen LogP contribution >= 0.6 is 11.8 Å². The highest BCUT2D eigenvalue weighted by Crippen LogP contribution is 2.12. The number of nitrogens with one attached hydrogen (secondary N) is 2. The van der Waals surface area contributed by atoms with Gasteiger partial charge < -0.3 is 10.6 Å². The maximum Gasteiger partial charge on any atom is 0.222 e. The van der Waals surface area contributed by atoms with E-state index < -0.39 is 0 Å². The van der Waals surface area contributed by atoms with Gasteiger partial charge in [0.15, 0.2) is 5.78 Å². The molecule has 0 saturated heterocycles. The number of ketones is 1. The first-order valence-electron chi connectivity index (χ1n) is 7.25. The second-order valence-corrected chi connectivity index (χ2v) is 6.04. The molecule has 2 N–H and O–H groups in total. The summed E-state index contributed by atoms with van der Waals surface area (Å²) in [6, 6.07) is 0. The van der Waals surface area contributed by atoms with Gasteiger partial charge in [-0.3, -0.25) is 4.79 Å². The summed E-state index contributed by atoms with van der Waals surface area (Å²) in [6.07, 6.45) is 8.64. The van der Waals surface area contributed by atoms with Gasteiger partial charge >= 0.3 is 0 Å². The topological polar surface area (TPSA) is 92.7 Å². The molecule has 122 valence electrons. The van der Waals surface area contributed by atoms with Crippen molar-refractivity contribution in [3.8, 4) is 0 Å². The van der Waals surface area contributed by atoms with Gasteiger partial charge in [0.05, 0.1) is 12.4 Å². The van der Waals surface area contributed by atoms with E-state index in [9.17, 15) is 4.79 Å². The maximum atomic E-state index is 11.1. The number of hydrogen-bond acceptors (Lipinski definition) is 8.